The molecule has 2 heterocycles. The Morgan fingerprint density at radius 2 is 0.901 bits per heavy atom. The lowest BCUT2D eigenvalue weighted by Crippen LogP contribution is -2.39. The number of nitrogens with one attached hydrogen (secondary N) is 1. The van der Waals surface area contributed by atoms with E-state index in [1.807, 2.05) is 24.9 Å². The second-order valence-electron chi connectivity index (χ2n) is 21.8. The van der Waals surface area contributed by atoms with Crippen molar-refractivity contribution in [2.45, 2.75) is 251 Å². The molecule has 0 aromatic carbocycles. The summed E-state index contributed by atoms with van der Waals surface area (Å²) in [5.74, 6) is 0. The van der Waals surface area contributed by atoms with Gasteiger partial charge >= 0.3 is 0 Å². The lowest BCUT2D eigenvalue weighted by atomic mass is 10.2. The van der Waals surface area contributed by atoms with Gasteiger partial charge in [0.2, 0.25) is 0 Å². The van der Waals surface area contributed by atoms with Gasteiger partial charge in [-0.15, -0.1) is 0 Å². The van der Waals surface area contributed by atoms with Crippen molar-refractivity contribution in [2.75, 3.05) is 85.4 Å². The van der Waals surface area contributed by atoms with Gasteiger partial charge < -0.3 is 29.6 Å². The van der Waals surface area contributed by atoms with Crippen LogP contribution in [0.15, 0.2) is 31.2 Å². The van der Waals surface area contributed by atoms with Crippen LogP contribution in [0.1, 0.15) is 183 Å². The van der Waals surface area contributed by atoms with Gasteiger partial charge in [-0.2, -0.15) is 0 Å². The van der Waals surface area contributed by atoms with Crippen LogP contribution >= 0.6 is 0 Å². The topological polar surface area (TPSA) is 136 Å². The maximum Gasteiger partial charge on any atom is 0.0945 e. The van der Waals surface area contributed by atoms with Crippen molar-refractivity contribution >= 4 is 0 Å². The van der Waals surface area contributed by atoms with Gasteiger partial charge in [-0.05, 0) is 177 Å². The summed E-state index contributed by atoms with van der Waals surface area (Å²) in [7, 11) is 0. The highest BCUT2D eigenvalue weighted by Crippen LogP contribution is 2.10. The first-order valence-electron chi connectivity index (χ1n) is 28.3. The van der Waals surface area contributed by atoms with Crippen LogP contribution in [0.2, 0.25) is 0 Å². The normalized spacial score (nSPS) is 12.1. The van der Waals surface area contributed by atoms with E-state index in [2.05, 4.69) is 194 Å². The fourth-order valence-electron chi connectivity index (χ4n) is 9.07. The predicted molar refractivity (Wildman–Crippen MR) is 307 cm³/mol. The molecule has 0 saturated carbocycles. The number of ether oxygens (including phenoxy) is 1. The zero-order valence-corrected chi connectivity index (χ0v) is 50.6. The predicted octanol–water partition coefficient (Wildman–Crippen LogP) is 9.65. The summed E-state index contributed by atoms with van der Waals surface area (Å²) in [4.78, 5) is 25.7. The summed E-state index contributed by atoms with van der Waals surface area (Å²) < 4.78 is 7.36. The zero-order chi connectivity index (χ0) is 54.9. The number of aromatic nitrogens is 4. The molecule has 0 saturated heterocycles. The molecule has 14 heteroatoms. The highest BCUT2D eigenvalue weighted by Gasteiger charge is 2.16. The number of nitrogens with zero attached hydrogens (tertiary/aromatic N) is 9. The number of unbranched alkanes of at least 4 members (excludes halogenated alkanes) is 2. The molecule has 0 atom stereocenters. The van der Waals surface area contributed by atoms with Crippen LogP contribution in [-0.4, -0.2) is 210 Å². The summed E-state index contributed by atoms with van der Waals surface area (Å²) in [5, 5.41) is 26.3. The fourth-order valence-corrected chi connectivity index (χ4v) is 9.07. The number of H-pyrrole nitrogens is 1. The number of aromatic amines is 1. The Balaban J connectivity index is -0.000000818. The van der Waals surface area contributed by atoms with E-state index < -0.39 is 0 Å². The summed E-state index contributed by atoms with van der Waals surface area (Å²) in [6, 6.07) is 6.12. The molecule has 0 bridgehead atoms. The lowest BCUT2D eigenvalue weighted by Gasteiger charge is -2.31. The minimum Gasteiger partial charge on any atom is -0.395 e. The highest BCUT2D eigenvalue weighted by molar-refractivity contribution is 4.95. The Morgan fingerprint density at radius 1 is 0.479 bits per heavy atom. The second kappa shape index (κ2) is 46.5. The fraction of sp³-hybridized carbons (Fsp3) is 0.895. The monoisotopic (exact) mass is 1010 g/mol. The smallest absolute Gasteiger partial charge is 0.0945 e. The molecule has 0 radical (unpaired) electrons. The first-order chi connectivity index (χ1) is 33.4. The van der Waals surface area contributed by atoms with Crippen molar-refractivity contribution < 1.29 is 20.1 Å². The molecule has 0 amide bonds. The average Bonchev–Trinajstić information content (AvgIpc) is 4.01. The number of hydrogen-bond acceptors (Lipinski definition) is 12. The first-order valence-corrected chi connectivity index (χ1v) is 28.3. The Kier molecular flexibility index (Phi) is 48.0. The van der Waals surface area contributed by atoms with E-state index in [4.69, 9.17) is 20.1 Å². The first kappa shape index (κ1) is 73.3. The van der Waals surface area contributed by atoms with Crippen molar-refractivity contribution in [1.82, 2.24) is 48.9 Å². The van der Waals surface area contributed by atoms with Gasteiger partial charge in [0.05, 0.1) is 45.7 Å². The lowest BCUT2D eigenvalue weighted by molar-refractivity contribution is 0.0576. The number of aryl methyl sites for hydroxylation is 1. The average molecular weight is 1010 g/mol. The molecule has 0 aliphatic rings. The number of imidazole rings is 2. The number of aliphatic hydroxyl groups excluding tert-OH is 3. The standard InChI is InChI=1S/C13H30N2O2.C12H23N3.C11H21N3.C11H25N.C10H23NO2/c1-12(2)15(13(3)4)7-5-6-14(8-10-16)9-11-17;1-11(2)15(12(3)4)8-5-7-14-9-6-13-10-14;1-9(2)14(10(3)4)6-5-11-7-12-8-13-11;1-6-7-8-9-12(10(2)3)11(4)5;1-9(2)11(10(3)4)5-7-13-8-6-12/h12-13,16-17H,5-11H2,1-4H3;6,9-12H,5,7-8H2,1-4H3;7-10H,5-6H2,1-4H3,(H,12,13);10-11H,6-9H2,1-5H3;9-10,12H,5-8H2,1-4H3. The van der Waals surface area contributed by atoms with Crippen molar-refractivity contribution in [3.63, 3.8) is 0 Å². The van der Waals surface area contributed by atoms with Gasteiger partial charge in [0.25, 0.3) is 0 Å². The van der Waals surface area contributed by atoms with Crippen LogP contribution in [0.25, 0.3) is 0 Å². The van der Waals surface area contributed by atoms with E-state index in [1.54, 1.807) is 6.33 Å². The Morgan fingerprint density at radius 3 is 1.27 bits per heavy atom. The highest BCUT2D eigenvalue weighted by atomic mass is 16.5. The molecule has 2 rings (SSSR count). The Labute approximate surface area is 440 Å². The zero-order valence-electron chi connectivity index (χ0n) is 50.6. The van der Waals surface area contributed by atoms with Crippen LogP contribution in [0.4, 0.5) is 0 Å². The van der Waals surface area contributed by atoms with Gasteiger partial charge in [-0.1, -0.05) is 19.8 Å². The molecule has 4 N–H and O–H groups in total. The van der Waals surface area contributed by atoms with Gasteiger partial charge in [-0.3, -0.25) is 29.4 Å². The molecule has 0 unspecified atom stereocenters. The maximum absolute atomic E-state index is 8.91. The molecule has 424 valence electrons. The van der Waals surface area contributed by atoms with Crippen LogP contribution < -0.4 is 0 Å². The van der Waals surface area contributed by atoms with Crippen LogP contribution in [0, 0.1) is 0 Å². The van der Waals surface area contributed by atoms with E-state index in [1.165, 1.54) is 37.9 Å². The Hall–Kier alpha value is -1.98. The molecule has 0 fully saturated rings. The largest absolute Gasteiger partial charge is 0.395 e. The quantitative estimate of drug-likeness (QED) is 0.0498. The van der Waals surface area contributed by atoms with Gasteiger partial charge in [0.1, 0.15) is 0 Å². The van der Waals surface area contributed by atoms with Crippen LogP contribution in [-0.2, 0) is 17.7 Å². The number of hydrogen-bond donors (Lipinski definition) is 4. The molecule has 2 aromatic rings. The van der Waals surface area contributed by atoms with Crippen molar-refractivity contribution in [3.8, 4) is 0 Å². The van der Waals surface area contributed by atoms with Crippen molar-refractivity contribution in [1.29, 1.82) is 0 Å². The van der Waals surface area contributed by atoms with E-state index >= 15 is 0 Å². The minimum absolute atomic E-state index is 0.114. The van der Waals surface area contributed by atoms with E-state index in [0.29, 0.717) is 86.7 Å². The molecular formula is C57H122N10O4. The summed E-state index contributed by atoms with van der Waals surface area (Å²) in [5.41, 5.74) is 1.22. The third kappa shape index (κ3) is 40.1. The number of aliphatic hydroxyl groups is 3. The maximum atomic E-state index is 8.91. The molecule has 2 aromatic heterocycles. The molecule has 0 aliphatic heterocycles. The van der Waals surface area contributed by atoms with Crippen LogP contribution in [0.5, 0.6) is 0 Å². The second-order valence-corrected chi connectivity index (χ2v) is 21.8. The van der Waals surface area contributed by atoms with E-state index in [0.717, 1.165) is 52.1 Å². The molecular weight excluding hydrogens is 889 g/mol. The molecule has 71 heavy (non-hydrogen) atoms. The molecule has 0 spiro atoms. The SMILES string of the molecule is CC(C)N(CCCN(CCO)CCO)C(C)C.CC(C)N(CCCn1ccnc1)C(C)C.CC(C)N(CCOCCO)C(C)C.CC(C)N(CCc1cnc[nH]1)C(C)C.CCCCCN(C(C)C)C(C)C. The number of rotatable bonds is 34. The van der Waals surface area contributed by atoms with Crippen molar-refractivity contribution in [3.05, 3.63) is 36.9 Å². The van der Waals surface area contributed by atoms with Gasteiger partial charge in [-0.25, -0.2) is 9.97 Å². The summed E-state index contributed by atoms with van der Waals surface area (Å²) in [6.07, 6.45) is 16.8. The minimum atomic E-state index is 0.114. The third-order valence-electron chi connectivity index (χ3n) is 12.7. The van der Waals surface area contributed by atoms with E-state index in [-0.39, 0.29) is 19.8 Å². The molecule has 14 nitrogen and oxygen atoms in total. The van der Waals surface area contributed by atoms with Gasteiger partial charge in [0.15, 0.2) is 0 Å². The Bertz CT molecular complexity index is 1290. The van der Waals surface area contributed by atoms with Crippen LogP contribution in [0.3, 0.4) is 0 Å². The third-order valence-corrected chi connectivity index (χ3v) is 12.7. The van der Waals surface area contributed by atoms with E-state index in [9.17, 15) is 0 Å². The summed E-state index contributed by atoms with van der Waals surface area (Å²) in [6.45, 7) is 57.5. The molecule has 0 aliphatic carbocycles. The summed E-state index contributed by atoms with van der Waals surface area (Å²) >= 11 is 0. The van der Waals surface area contributed by atoms with Gasteiger partial charge in [0, 0.05) is 130 Å². The van der Waals surface area contributed by atoms with Crippen molar-refractivity contribution in [2.24, 2.45) is 0 Å².